The molecule has 0 bridgehead atoms. The van der Waals surface area contributed by atoms with E-state index < -0.39 is 21.5 Å². The Kier molecular flexibility index (Phi) is 4.37. The van der Waals surface area contributed by atoms with Gasteiger partial charge in [-0.2, -0.15) is 0 Å². The molecule has 1 aromatic carbocycles. The van der Waals surface area contributed by atoms with Crippen molar-refractivity contribution < 1.29 is 17.2 Å². The highest BCUT2D eigenvalue weighted by atomic mass is 32.2. The van der Waals surface area contributed by atoms with Crippen LogP contribution in [0.3, 0.4) is 0 Å². The summed E-state index contributed by atoms with van der Waals surface area (Å²) in [6, 6.07) is 3.61. The van der Waals surface area contributed by atoms with Crippen LogP contribution in [0.4, 0.5) is 8.78 Å². The molecule has 0 spiro atoms. The third-order valence-electron chi connectivity index (χ3n) is 2.01. The number of sulfone groups is 1. The predicted octanol–water partition coefficient (Wildman–Crippen LogP) is 1.10. The summed E-state index contributed by atoms with van der Waals surface area (Å²) in [6.45, 7) is 0.153. The van der Waals surface area contributed by atoms with Gasteiger partial charge < -0.3 is 5.32 Å². The average molecular weight is 249 g/mol. The van der Waals surface area contributed by atoms with Crippen molar-refractivity contribution in [3.05, 3.63) is 35.4 Å². The fraction of sp³-hybridized carbons (Fsp3) is 0.400. The summed E-state index contributed by atoms with van der Waals surface area (Å²) in [5.74, 6) is -1.32. The van der Waals surface area contributed by atoms with E-state index in [4.69, 9.17) is 0 Å². The zero-order chi connectivity index (χ0) is 12.2. The molecule has 0 saturated heterocycles. The lowest BCUT2D eigenvalue weighted by molar-refractivity contribution is 0.538. The molecule has 0 heterocycles. The van der Waals surface area contributed by atoms with Gasteiger partial charge in [-0.3, -0.25) is 0 Å². The maximum Gasteiger partial charge on any atom is 0.148 e. The Balaban J connectivity index is 2.49. The Morgan fingerprint density at radius 3 is 2.31 bits per heavy atom. The highest BCUT2D eigenvalue weighted by Gasteiger charge is 2.08. The van der Waals surface area contributed by atoms with Crippen molar-refractivity contribution in [2.45, 2.75) is 6.54 Å². The molecule has 0 unspecified atom stereocenters. The number of rotatable bonds is 5. The molecular weight excluding hydrogens is 236 g/mol. The van der Waals surface area contributed by atoms with E-state index in [1.165, 1.54) is 6.07 Å². The molecule has 0 saturated carbocycles. The van der Waals surface area contributed by atoms with Gasteiger partial charge in [-0.15, -0.1) is 0 Å². The van der Waals surface area contributed by atoms with E-state index in [9.17, 15) is 17.2 Å². The van der Waals surface area contributed by atoms with Gasteiger partial charge >= 0.3 is 0 Å². The van der Waals surface area contributed by atoms with Crippen LogP contribution in [0.15, 0.2) is 18.2 Å². The molecule has 6 heteroatoms. The normalized spacial score (nSPS) is 11.7. The average Bonchev–Trinajstić information content (AvgIpc) is 2.14. The van der Waals surface area contributed by atoms with Crippen LogP contribution in [-0.2, 0) is 16.4 Å². The number of halogens is 2. The van der Waals surface area contributed by atoms with E-state index in [1.54, 1.807) is 0 Å². The highest BCUT2D eigenvalue weighted by molar-refractivity contribution is 7.90. The van der Waals surface area contributed by atoms with Crippen molar-refractivity contribution in [1.82, 2.24) is 5.32 Å². The van der Waals surface area contributed by atoms with Gasteiger partial charge in [-0.1, -0.05) is 6.07 Å². The standard InChI is InChI=1S/C10H13F2NO2S/c1-16(14,15)6-5-13-7-8-9(11)3-2-4-10(8)12/h2-4,13H,5-7H2,1H3. The van der Waals surface area contributed by atoms with E-state index in [1.807, 2.05) is 0 Å². The summed E-state index contributed by atoms with van der Waals surface area (Å²) >= 11 is 0. The molecule has 1 rings (SSSR count). The van der Waals surface area contributed by atoms with E-state index in [-0.39, 0.29) is 24.4 Å². The first-order valence-corrected chi connectivity index (χ1v) is 6.77. The lowest BCUT2D eigenvalue weighted by Crippen LogP contribution is -2.23. The van der Waals surface area contributed by atoms with Crippen molar-refractivity contribution in [2.75, 3.05) is 18.6 Å². The Morgan fingerprint density at radius 2 is 1.81 bits per heavy atom. The quantitative estimate of drug-likeness (QED) is 0.795. The fourth-order valence-electron chi connectivity index (χ4n) is 1.17. The molecule has 1 N–H and O–H groups in total. The largest absolute Gasteiger partial charge is 0.311 e. The molecule has 90 valence electrons. The van der Waals surface area contributed by atoms with Crippen molar-refractivity contribution in [2.24, 2.45) is 0 Å². The Hall–Kier alpha value is -1.01. The van der Waals surface area contributed by atoms with Gasteiger partial charge in [0, 0.05) is 24.9 Å². The van der Waals surface area contributed by atoms with Crippen LogP contribution in [0.2, 0.25) is 0 Å². The molecule has 16 heavy (non-hydrogen) atoms. The molecule has 0 radical (unpaired) electrons. The zero-order valence-corrected chi connectivity index (χ0v) is 9.65. The second-order valence-electron chi connectivity index (χ2n) is 3.51. The number of hydrogen-bond donors (Lipinski definition) is 1. The van der Waals surface area contributed by atoms with Gasteiger partial charge in [0.25, 0.3) is 0 Å². The Labute approximate surface area is 93.4 Å². The van der Waals surface area contributed by atoms with Crippen LogP contribution in [0, 0.1) is 11.6 Å². The fourth-order valence-corrected chi connectivity index (χ4v) is 1.69. The van der Waals surface area contributed by atoms with E-state index in [2.05, 4.69) is 5.32 Å². The molecule has 0 aliphatic heterocycles. The lowest BCUT2D eigenvalue weighted by Gasteiger charge is -2.06. The minimum atomic E-state index is -3.05. The van der Waals surface area contributed by atoms with Crippen molar-refractivity contribution in [1.29, 1.82) is 0 Å². The van der Waals surface area contributed by atoms with Crippen LogP contribution in [0.25, 0.3) is 0 Å². The highest BCUT2D eigenvalue weighted by Crippen LogP contribution is 2.11. The lowest BCUT2D eigenvalue weighted by atomic mass is 10.2. The maximum absolute atomic E-state index is 13.1. The summed E-state index contributed by atoms with van der Waals surface area (Å²) in [5.41, 5.74) is -0.0731. The minimum absolute atomic E-state index is 0.0198. The van der Waals surface area contributed by atoms with Crippen LogP contribution in [0.5, 0.6) is 0 Å². The van der Waals surface area contributed by atoms with Crippen LogP contribution in [0.1, 0.15) is 5.56 Å². The smallest absolute Gasteiger partial charge is 0.148 e. The Morgan fingerprint density at radius 1 is 1.25 bits per heavy atom. The maximum atomic E-state index is 13.1. The third kappa shape index (κ3) is 4.24. The molecule has 1 aromatic rings. The van der Waals surface area contributed by atoms with Crippen molar-refractivity contribution in [3.63, 3.8) is 0 Å². The molecule has 0 aliphatic rings. The number of hydrogen-bond acceptors (Lipinski definition) is 3. The summed E-state index contributed by atoms with van der Waals surface area (Å²) in [6.07, 6.45) is 1.11. The number of benzene rings is 1. The van der Waals surface area contributed by atoms with Gasteiger partial charge in [-0.05, 0) is 12.1 Å². The number of nitrogens with one attached hydrogen (secondary N) is 1. The summed E-state index contributed by atoms with van der Waals surface area (Å²) in [7, 11) is -3.05. The van der Waals surface area contributed by atoms with E-state index >= 15 is 0 Å². The first-order chi connectivity index (χ1) is 7.40. The molecular formula is C10H13F2NO2S. The molecule has 0 fully saturated rings. The first kappa shape index (κ1) is 13.1. The molecule has 0 amide bonds. The van der Waals surface area contributed by atoms with Gasteiger partial charge in [0.15, 0.2) is 0 Å². The molecule has 0 aromatic heterocycles. The Bertz CT molecular complexity index is 440. The molecule has 3 nitrogen and oxygen atoms in total. The van der Waals surface area contributed by atoms with Gasteiger partial charge in [0.1, 0.15) is 21.5 Å². The van der Waals surface area contributed by atoms with Crippen LogP contribution < -0.4 is 5.32 Å². The predicted molar refractivity (Wildman–Crippen MR) is 57.8 cm³/mol. The van der Waals surface area contributed by atoms with Crippen molar-refractivity contribution >= 4 is 9.84 Å². The monoisotopic (exact) mass is 249 g/mol. The third-order valence-corrected chi connectivity index (χ3v) is 2.96. The summed E-state index contributed by atoms with van der Waals surface area (Å²) in [4.78, 5) is 0. The van der Waals surface area contributed by atoms with Gasteiger partial charge in [0.2, 0.25) is 0 Å². The van der Waals surface area contributed by atoms with Crippen LogP contribution in [-0.4, -0.2) is 27.0 Å². The van der Waals surface area contributed by atoms with E-state index in [0.717, 1.165) is 18.4 Å². The molecule has 0 aliphatic carbocycles. The van der Waals surface area contributed by atoms with Gasteiger partial charge in [-0.25, -0.2) is 17.2 Å². The second-order valence-corrected chi connectivity index (χ2v) is 5.77. The van der Waals surface area contributed by atoms with Gasteiger partial charge in [0.05, 0.1) is 5.75 Å². The molecule has 0 atom stereocenters. The van der Waals surface area contributed by atoms with Crippen LogP contribution >= 0.6 is 0 Å². The SMILES string of the molecule is CS(=O)(=O)CCNCc1c(F)cccc1F. The topological polar surface area (TPSA) is 46.2 Å². The van der Waals surface area contributed by atoms with Crippen molar-refractivity contribution in [3.8, 4) is 0 Å². The summed E-state index contributed by atoms with van der Waals surface area (Å²) in [5, 5.41) is 2.68. The minimum Gasteiger partial charge on any atom is -0.311 e. The first-order valence-electron chi connectivity index (χ1n) is 4.71. The second kappa shape index (κ2) is 5.36. The van der Waals surface area contributed by atoms with E-state index in [0.29, 0.717) is 0 Å². The zero-order valence-electron chi connectivity index (χ0n) is 8.83. The summed E-state index contributed by atoms with van der Waals surface area (Å²) < 4.78 is 47.8.